The Morgan fingerprint density at radius 2 is 1.95 bits per heavy atom. The smallest absolute Gasteiger partial charge is 0.140 e. The number of nitrogens with one attached hydrogen (secondary N) is 1. The van der Waals surface area contributed by atoms with Gasteiger partial charge in [-0.15, -0.1) is 0 Å². The van der Waals surface area contributed by atoms with E-state index < -0.39 is 6.10 Å². The van der Waals surface area contributed by atoms with E-state index in [2.05, 4.69) is 10.3 Å². The van der Waals surface area contributed by atoms with E-state index in [4.69, 9.17) is 5.26 Å². The second kappa shape index (κ2) is 6.13. The molecule has 2 rings (SSSR count). The van der Waals surface area contributed by atoms with E-state index in [1.54, 1.807) is 24.3 Å². The van der Waals surface area contributed by atoms with Crippen LogP contribution in [0.25, 0.3) is 0 Å². The lowest BCUT2D eigenvalue weighted by Crippen LogP contribution is -2.24. The molecule has 0 unspecified atom stereocenters. The predicted molar refractivity (Wildman–Crippen MR) is 73.4 cm³/mol. The van der Waals surface area contributed by atoms with Crippen molar-refractivity contribution in [3.63, 3.8) is 0 Å². The SMILES string of the molecule is C[C@H](Nc1ccc(C#N)nc1)[C@@H](O)c1ccc(F)cc1. The predicted octanol–water partition coefficient (Wildman–Crippen LogP) is 2.63. The summed E-state index contributed by atoms with van der Waals surface area (Å²) >= 11 is 0. The summed E-state index contributed by atoms with van der Waals surface area (Å²) in [5, 5.41) is 21.9. The Balaban J connectivity index is 2.05. The number of aromatic nitrogens is 1. The van der Waals surface area contributed by atoms with Crippen LogP contribution >= 0.6 is 0 Å². The largest absolute Gasteiger partial charge is 0.386 e. The number of rotatable bonds is 4. The Labute approximate surface area is 116 Å². The Morgan fingerprint density at radius 1 is 1.25 bits per heavy atom. The van der Waals surface area contributed by atoms with E-state index in [1.165, 1.54) is 18.3 Å². The average Bonchev–Trinajstić information content (AvgIpc) is 2.48. The maximum absolute atomic E-state index is 12.8. The van der Waals surface area contributed by atoms with Crippen molar-refractivity contribution in [2.75, 3.05) is 5.32 Å². The molecular weight excluding hydrogens is 257 g/mol. The van der Waals surface area contributed by atoms with Crippen LogP contribution in [0.5, 0.6) is 0 Å². The number of hydrogen-bond acceptors (Lipinski definition) is 4. The molecule has 20 heavy (non-hydrogen) atoms. The molecule has 0 aliphatic rings. The minimum absolute atomic E-state index is 0.282. The average molecular weight is 271 g/mol. The quantitative estimate of drug-likeness (QED) is 0.897. The van der Waals surface area contributed by atoms with Crippen molar-refractivity contribution in [2.24, 2.45) is 0 Å². The minimum Gasteiger partial charge on any atom is -0.386 e. The van der Waals surface area contributed by atoms with E-state index in [0.717, 1.165) is 0 Å². The zero-order valence-electron chi connectivity index (χ0n) is 10.9. The van der Waals surface area contributed by atoms with Crippen LogP contribution in [0.3, 0.4) is 0 Å². The van der Waals surface area contributed by atoms with Crippen molar-refractivity contribution < 1.29 is 9.50 Å². The fraction of sp³-hybridized carbons (Fsp3) is 0.200. The molecule has 0 amide bonds. The first-order chi connectivity index (χ1) is 9.60. The highest BCUT2D eigenvalue weighted by atomic mass is 19.1. The molecule has 0 saturated heterocycles. The molecule has 0 spiro atoms. The number of aliphatic hydroxyl groups is 1. The van der Waals surface area contributed by atoms with Gasteiger partial charge in [-0.2, -0.15) is 5.26 Å². The summed E-state index contributed by atoms with van der Waals surface area (Å²) in [6.07, 6.45) is 0.762. The normalized spacial score (nSPS) is 13.3. The third-order valence-electron chi connectivity index (χ3n) is 2.96. The fourth-order valence-corrected chi connectivity index (χ4v) is 1.84. The van der Waals surface area contributed by atoms with Crippen LogP contribution in [-0.2, 0) is 0 Å². The van der Waals surface area contributed by atoms with Crippen LogP contribution in [-0.4, -0.2) is 16.1 Å². The Kier molecular flexibility index (Phi) is 4.28. The van der Waals surface area contributed by atoms with E-state index in [0.29, 0.717) is 16.9 Å². The van der Waals surface area contributed by atoms with Crippen molar-refractivity contribution in [1.82, 2.24) is 4.98 Å². The third kappa shape index (κ3) is 3.31. The molecular formula is C15H14FN3O. The van der Waals surface area contributed by atoms with Gasteiger partial charge in [0.1, 0.15) is 17.6 Å². The van der Waals surface area contributed by atoms with Gasteiger partial charge in [0.05, 0.1) is 24.0 Å². The first kappa shape index (κ1) is 14.0. The number of nitriles is 1. The zero-order chi connectivity index (χ0) is 14.5. The monoisotopic (exact) mass is 271 g/mol. The summed E-state index contributed by atoms with van der Waals surface area (Å²) in [6, 6.07) is 10.7. The summed E-state index contributed by atoms with van der Waals surface area (Å²) in [5.41, 5.74) is 1.67. The number of hydrogen-bond donors (Lipinski definition) is 2. The van der Waals surface area contributed by atoms with Crippen LogP contribution in [0.1, 0.15) is 24.3 Å². The lowest BCUT2D eigenvalue weighted by molar-refractivity contribution is 0.160. The zero-order valence-corrected chi connectivity index (χ0v) is 10.9. The van der Waals surface area contributed by atoms with E-state index in [9.17, 15) is 9.50 Å². The summed E-state index contributed by atoms with van der Waals surface area (Å²) in [4.78, 5) is 3.94. The third-order valence-corrected chi connectivity index (χ3v) is 2.96. The summed E-state index contributed by atoms with van der Waals surface area (Å²) in [6.45, 7) is 1.81. The molecule has 0 saturated carbocycles. The minimum atomic E-state index is -0.772. The van der Waals surface area contributed by atoms with Gasteiger partial charge in [0.15, 0.2) is 0 Å². The highest BCUT2D eigenvalue weighted by Crippen LogP contribution is 2.20. The summed E-state index contributed by atoms with van der Waals surface area (Å²) in [7, 11) is 0. The van der Waals surface area contributed by atoms with Gasteiger partial charge in [0.2, 0.25) is 0 Å². The molecule has 102 valence electrons. The van der Waals surface area contributed by atoms with Gasteiger partial charge in [0.25, 0.3) is 0 Å². The maximum atomic E-state index is 12.8. The van der Waals surface area contributed by atoms with Gasteiger partial charge in [-0.1, -0.05) is 12.1 Å². The Bertz CT molecular complexity index is 605. The number of aliphatic hydroxyl groups excluding tert-OH is 1. The number of benzene rings is 1. The molecule has 0 fully saturated rings. The van der Waals surface area contributed by atoms with E-state index >= 15 is 0 Å². The maximum Gasteiger partial charge on any atom is 0.140 e. The standard InChI is InChI=1S/C15H14FN3O/c1-10(15(20)11-2-4-12(16)5-3-11)19-14-7-6-13(8-17)18-9-14/h2-7,9-10,15,19-20H,1H3/t10-,15+/m0/s1. The van der Waals surface area contributed by atoms with Crippen molar-refractivity contribution in [3.8, 4) is 6.07 Å². The number of pyridine rings is 1. The lowest BCUT2D eigenvalue weighted by Gasteiger charge is -2.21. The van der Waals surface area contributed by atoms with Crippen molar-refractivity contribution in [2.45, 2.75) is 19.1 Å². The molecule has 2 N–H and O–H groups in total. The molecule has 5 heteroatoms. The fourth-order valence-electron chi connectivity index (χ4n) is 1.84. The topological polar surface area (TPSA) is 68.9 Å². The molecule has 1 aromatic carbocycles. The number of anilines is 1. The highest BCUT2D eigenvalue weighted by molar-refractivity contribution is 5.44. The second-order valence-electron chi connectivity index (χ2n) is 4.47. The first-order valence-corrected chi connectivity index (χ1v) is 6.16. The highest BCUT2D eigenvalue weighted by Gasteiger charge is 2.16. The van der Waals surface area contributed by atoms with Gasteiger partial charge < -0.3 is 10.4 Å². The van der Waals surface area contributed by atoms with Gasteiger partial charge in [-0.3, -0.25) is 0 Å². The first-order valence-electron chi connectivity index (χ1n) is 6.16. The molecule has 0 bridgehead atoms. The molecule has 2 aromatic rings. The Hall–Kier alpha value is -2.45. The second-order valence-corrected chi connectivity index (χ2v) is 4.47. The van der Waals surface area contributed by atoms with Crippen molar-refractivity contribution in [3.05, 3.63) is 59.7 Å². The molecule has 0 aliphatic heterocycles. The van der Waals surface area contributed by atoms with Crippen LogP contribution in [0, 0.1) is 17.1 Å². The van der Waals surface area contributed by atoms with Crippen molar-refractivity contribution in [1.29, 1.82) is 5.26 Å². The molecule has 4 nitrogen and oxygen atoms in total. The van der Waals surface area contributed by atoms with Gasteiger partial charge >= 0.3 is 0 Å². The van der Waals surface area contributed by atoms with E-state index in [1.807, 2.05) is 13.0 Å². The molecule has 1 heterocycles. The van der Waals surface area contributed by atoms with Crippen LogP contribution in [0.2, 0.25) is 0 Å². The van der Waals surface area contributed by atoms with Gasteiger partial charge in [-0.25, -0.2) is 9.37 Å². The Morgan fingerprint density at radius 3 is 2.50 bits per heavy atom. The van der Waals surface area contributed by atoms with Crippen LogP contribution in [0.4, 0.5) is 10.1 Å². The molecule has 0 aliphatic carbocycles. The van der Waals surface area contributed by atoms with Gasteiger partial charge in [-0.05, 0) is 36.8 Å². The molecule has 2 atom stereocenters. The number of halogens is 1. The van der Waals surface area contributed by atoms with Crippen LogP contribution in [0.15, 0.2) is 42.6 Å². The van der Waals surface area contributed by atoms with E-state index in [-0.39, 0.29) is 11.9 Å². The molecule has 0 radical (unpaired) electrons. The van der Waals surface area contributed by atoms with Gasteiger partial charge in [0, 0.05) is 0 Å². The lowest BCUT2D eigenvalue weighted by atomic mass is 10.0. The summed E-state index contributed by atoms with van der Waals surface area (Å²) < 4.78 is 12.8. The number of nitrogens with zero attached hydrogens (tertiary/aromatic N) is 2. The van der Waals surface area contributed by atoms with Crippen molar-refractivity contribution >= 4 is 5.69 Å². The molecule has 1 aromatic heterocycles. The summed E-state index contributed by atoms with van der Waals surface area (Å²) in [5.74, 6) is -0.335. The van der Waals surface area contributed by atoms with Crippen LogP contribution < -0.4 is 5.32 Å².